The Morgan fingerprint density at radius 1 is 1.20 bits per heavy atom. The summed E-state index contributed by atoms with van der Waals surface area (Å²) >= 11 is 0. The molecule has 0 aromatic carbocycles. The van der Waals surface area contributed by atoms with Crippen molar-refractivity contribution in [3.63, 3.8) is 0 Å². The van der Waals surface area contributed by atoms with Crippen molar-refractivity contribution in [1.82, 2.24) is 10.6 Å². The van der Waals surface area contributed by atoms with Crippen LogP contribution in [0.15, 0.2) is 0 Å². The Hall–Kier alpha value is -0.810. The normalized spacial score (nSPS) is 16.6. The second-order valence-corrected chi connectivity index (χ2v) is 6.41. The van der Waals surface area contributed by atoms with Crippen LogP contribution in [0.25, 0.3) is 0 Å². The van der Waals surface area contributed by atoms with E-state index in [9.17, 15) is 9.59 Å². The summed E-state index contributed by atoms with van der Waals surface area (Å²) in [6.45, 7) is 6.98. The molecule has 0 aromatic heterocycles. The minimum Gasteiger partial charge on any atom is -0.356 e. The monoisotopic (exact) mass is 305 g/mol. The van der Waals surface area contributed by atoms with Crippen LogP contribution in [0.5, 0.6) is 0 Å². The fraction of sp³-hybridized carbons (Fsp3) is 0.857. The maximum atomic E-state index is 11.7. The summed E-state index contributed by atoms with van der Waals surface area (Å²) in [5.74, 6) is 0.255. The fourth-order valence-corrected chi connectivity index (χ4v) is 1.83. The third kappa shape index (κ3) is 6.09. The van der Waals surface area contributed by atoms with Gasteiger partial charge in [0.05, 0.1) is 6.04 Å². The highest BCUT2D eigenvalue weighted by Gasteiger charge is 2.27. The number of amides is 2. The largest absolute Gasteiger partial charge is 0.356 e. The van der Waals surface area contributed by atoms with Crippen molar-refractivity contribution in [2.45, 2.75) is 52.5 Å². The van der Waals surface area contributed by atoms with Crippen molar-refractivity contribution < 1.29 is 9.59 Å². The zero-order valence-electron chi connectivity index (χ0n) is 12.7. The summed E-state index contributed by atoms with van der Waals surface area (Å²) in [4.78, 5) is 23.3. The molecule has 1 aliphatic carbocycles. The van der Waals surface area contributed by atoms with Gasteiger partial charge in [-0.05, 0) is 24.7 Å². The highest BCUT2D eigenvalue weighted by molar-refractivity contribution is 5.85. The van der Waals surface area contributed by atoms with Gasteiger partial charge in [0, 0.05) is 19.0 Å². The van der Waals surface area contributed by atoms with E-state index in [1.54, 1.807) is 0 Å². The summed E-state index contributed by atoms with van der Waals surface area (Å²) in [6.07, 6.45) is 3.94. The van der Waals surface area contributed by atoms with Gasteiger partial charge in [-0.15, -0.1) is 12.4 Å². The lowest BCUT2D eigenvalue weighted by atomic mass is 9.85. The van der Waals surface area contributed by atoms with E-state index in [1.165, 1.54) is 6.42 Å². The van der Waals surface area contributed by atoms with Gasteiger partial charge in [-0.2, -0.15) is 0 Å². The highest BCUT2D eigenvalue weighted by atomic mass is 35.5. The van der Waals surface area contributed by atoms with E-state index in [2.05, 4.69) is 10.6 Å². The van der Waals surface area contributed by atoms with Crippen molar-refractivity contribution in [1.29, 1.82) is 0 Å². The van der Waals surface area contributed by atoms with Gasteiger partial charge in [0.1, 0.15) is 0 Å². The van der Waals surface area contributed by atoms with Gasteiger partial charge in [-0.25, -0.2) is 0 Å². The molecule has 0 aliphatic heterocycles. The first-order valence-electron chi connectivity index (χ1n) is 7.13. The van der Waals surface area contributed by atoms with Crippen LogP contribution >= 0.6 is 12.4 Å². The predicted molar refractivity (Wildman–Crippen MR) is 82.7 cm³/mol. The first-order chi connectivity index (χ1) is 8.82. The van der Waals surface area contributed by atoms with Crippen LogP contribution in [-0.4, -0.2) is 30.9 Å². The van der Waals surface area contributed by atoms with E-state index in [4.69, 9.17) is 5.73 Å². The molecule has 1 atom stereocenters. The number of carbonyl (C=O) groups excluding carboxylic acids is 2. The summed E-state index contributed by atoms with van der Waals surface area (Å²) in [5, 5.41) is 5.70. The SMILES string of the molecule is CC(C)(C)[C@H](N)C(=O)NCCCNC(=O)C1CCC1.Cl. The van der Waals surface area contributed by atoms with Crippen molar-refractivity contribution in [3.05, 3.63) is 0 Å². The van der Waals surface area contributed by atoms with Gasteiger partial charge in [-0.1, -0.05) is 27.2 Å². The van der Waals surface area contributed by atoms with Crippen LogP contribution < -0.4 is 16.4 Å². The molecule has 2 amide bonds. The zero-order valence-corrected chi connectivity index (χ0v) is 13.5. The van der Waals surface area contributed by atoms with E-state index in [-0.39, 0.29) is 35.6 Å². The smallest absolute Gasteiger partial charge is 0.237 e. The second-order valence-electron chi connectivity index (χ2n) is 6.41. The minimum absolute atomic E-state index is 0. The van der Waals surface area contributed by atoms with Gasteiger partial charge in [0.25, 0.3) is 0 Å². The molecule has 1 aliphatic rings. The van der Waals surface area contributed by atoms with Crippen molar-refractivity contribution in [2.24, 2.45) is 17.1 Å². The molecule has 1 rings (SSSR count). The Bertz CT molecular complexity index is 325. The molecular weight excluding hydrogens is 278 g/mol. The molecular formula is C14H28ClN3O2. The molecule has 0 radical (unpaired) electrons. The number of nitrogens with two attached hydrogens (primary N) is 1. The standard InChI is InChI=1S/C14H27N3O2.ClH/c1-14(2,3)11(15)13(19)17-9-5-8-16-12(18)10-6-4-7-10;/h10-11H,4-9,15H2,1-3H3,(H,16,18)(H,17,19);1H/t11-;/m1./s1. The quantitative estimate of drug-likeness (QED) is 0.645. The highest BCUT2D eigenvalue weighted by Crippen LogP contribution is 2.26. The van der Waals surface area contributed by atoms with Gasteiger partial charge in [0.15, 0.2) is 0 Å². The molecule has 0 bridgehead atoms. The molecule has 1 fully saturated rings. The van der Waals surface area contributed by atoms with E-state index in [0.29, 0.717) is 13.1 Å². The Labute approximate surface area is 127 Å². The Kier molecular flexibility index (Phi) is 8.13. The van der Waals surface area contributed by atoms with Crippen LogP contribution in [0.2, 0.25) is 0 Å². The maximum absolute atomic E-state index is 11.7. The van der Waals surface area contributed by atoms with Crippen molar-refractivity contribution in [3.8, 4) is 0 Å². The zero-order chi connectivity index (χ0) is 14.5. The van der Waals surface area contributed by atoms with E-state index in [0.717, 1.165) is 19.3 Å². The molecule has 1 saturated carbocycles. The molecule has 20 heavy (non-hydrogen) atoms. The third-order valence-corrected chi connectivity index (χ3v) is 3.64. The van der Waals surface area contributed by atoms with Gasteiger partial charge >= 0.3 is 0 Å². The van der Waals surface area contributed by atoms with Gasteiger partial charge in [-0.3, -0.25) is 9.59 Å². The van der Waals surface area contributed by atoms with Crippen LogP contribution in [0.3, 0.4) is 0 Å². The first-order valence-corrected chi connectivity index (χ1v) is 7.13. The van der Waals surface area contributed by atoms with Gasteiger partial charge < -0.3 is 16.4 Å². The topological polar surface area (TPSA) is 84.2 Å². The number of hydrogen-bond acceptors (Lipinski definition) is 3. The summed E-state index contributed by atoms with van der Waals surface area (Å²) in [5.41, 5.74) is 5.61. The summed E-state index contributed by atoms with van der Waals surface area (Å²) < 4.78 is 0. The molecule has 4 N–H and O–H groups in total. The number of nitrogens with one attached hydrogen (secondary N) is 2. The lowest BCUT2D eigenvalue weighted by molar-refractivity contribution is -0.127. The van der Waals surface area contributed by atoms with Crippen LogP contribution in [0.4, 0.5) is 0 Å². The van der Waals surface area contributed by atoms with Crippen LogP contribution in [0, 0.1) is 11.3 Å². The van der Waals surface area contributed by atoms with Crippen LogP contribution in [0.1, 0.15) is 46.5 Å². The molecule has 118 valence electrons. The fourth-order valence-electron chi connectivity index (χ4n) is 1.83. The Morgan fingerprint density at radius 3 is 2.20 bits per heavy atom. The van der Waals surface area contributed by atoms with E-state index in [1.807, 2.05) is 20.8 Å². The number of rotatable bonds is 6. The van der Waals surface area contributed by atoms with Crippen molar-refractivity contribution >= 4 is 24.2 Å². The molecule has 0 spiro atoms. The Balaban J connectivity index is 0.00000361. The number of hydrogen-bond donors (Lipinski definition) is 3. The third-order valence-electron chi connectivity index (χ3n) is 3.64. The number of carbonyl (C=O) groups is 2. The lowest BCUT2D eigenvalue weighted by Gasteiger charge is -2.26. The molecule has 6 heteroatoms. The second kappa shape index (κ2) is 8.47. The first kappa shape index (κ1) is 19.2. The molecule has 0 saturated heterocycles. The minimum atomic E-state index is -0.503. The molecule has 0 heterocycles. The van der Waals surface area contributed by atoms with E-state index < -0.39 is 6.04 Å². The average molecular weight is 306 g/mol. The van der Waals surface area contributed by atoms with Crippen molar-refractivity contribution in [2.75, 3.05) is 13.1 Å². The van der Waals surface area contributed by atoms with E-state index >= 15 is 0 Å². The number of halogens is 1. The Morgan fingerprint density at radius 2 is 1.75 bits per heavy atom. The van der Waals surface area contributed by atoms with Gasteiger partial charge in [0.2, 0.25) is 11.8 Å². The predicted octanol–water partition coefficient (Wildman–Crippen LogP) is 1.20. The molecule has 0 aromatic rings. The summed E-state index contributed by atoms with van der Waals surface area (Å²) in [6, 6.07) is -0.503. The average Bonchev–Trinajstić information content (AvgIpc) is 2.23. The lowest BCUT2D eigenvalue weighted by Crippen LogP contribution is -2.49. The maximum Gasteiger partial charge on any atom is 0.237 e. The molecule has 5 nitrogen and oxygen atoms in total. The molecule has 0 unspecified atom stereocenters. The van der Waals surface area contributed by atoms with Crippen LogP contribution in [-0.2, 0) is 9.59 Å². The summed E-state index contributed by atoms with van der Waals surface area (Å²) in [7, 11) is 0.